The van der Waals surface area contributed by atoms with Crippen molar-refractivity contribution in [1.29, 1.82) is 0 Å². The van der Waals surface area contributed by atoms with Gasteiger partial charge in [-0.15, -0.1) is 0 Å². The first-order valence-electron chi connectivity index (χ1n) is 6.34. The molecule has 0 aliphatic carbocycles. The van der Waals surface area contributed by atoms with Gasteiger partial charge in [-0.3, -0.25) is 4.79 Å². The molecule has 1 N–H and O–H groups in total. The highest BCUT2D eigenvalue weighted by Crippen LogP contribution is 2.14. The molecule has 4 nitrogen and oxygen atoms in total. The van der Waals surface area contributed by atoms with Gasteiger partial charge >= 0.3 is 0 Å². The SMILES string of the molecule is CN1CCCC(CNC(=O)c2ccnc(F)c2F)C1. The molecule has 1 aliphatic rings. The van der Waals surface area contributed by atoms with Crippen LogP contribution < -0.4 is 5.32 Å². The summed E-state index contributed by atoms with van der Waals surface area (Å²) in [5, 5.41) is 2.66. The summed E-state index contributed by atoms with van der Waals surface area (Å²) in [5.74, 6) is -2.67. The molecule has 1 saturated heterocycles. The van der Waals surface area contributed by atoms with Crippen LogP contribution in [0.1, 0.15) is 23.2 Å². The molecule has 1 unspecified atom stereocenters. The largest absolute Gasteiger partial charge is 0.352 e. The number of carbonyl (C=O) groups is 1. The van der Waals surface area contributed by atoms with E-state index < -0.39 is 17.7 Å². The molecule has 0 radical (unpaired) electrons. The van der Waals surface area contributed by atoms with Gasteiger partial charge in [0.1, 0.15) is 0 Å². The molecule has 1 fully saturated rings. The third kappa shape index (κ3) is 3.47. The second-order valence-corrected chi connectivity index (χ2v) is 4.94. The third-order valence-electron chi connectivity index (χ3n) is 3.36. The van der Waals surface area contributed by atoms with E-state index in [1.54, 1.807) is 0 Å². The molecule has 2 heterocycles. The van der Waals surface area contributed by atoms with Gasteiger partial charge in [0.2, 0.25) is 5.95 Å². The van der Waals surface area contributed by atoms with Crippen LogP contribution in [0.4, 0.5) is 8.78 Å². The second-order valence-electron chi connectivity index (χ2n) is 4.94. The number of carbonyl (C=O) groups excluding carboxylic acids is 1. The van der Waals surface area contributed by atoms with Gasteiger partial charge in [-0.2, -0.15) is 4.39 Å². The summed E-state index contributed by atoms with van der Waals surface area (Å²) in [6, 6.07) is 1.18. The van der Waals surface area contributed by atoms with Crippen molar-refractivity contribution in [2.45, 2.75) is 12.8 Å². The predicted molar refractivity (Wildman–Crippen MR) is 66.7 cm³/mol. The van der Waals surface area contributed by atoms with Crippen LogP contribution in [-0.4, -0.2) is 42.5 Å². The maximum atomic E-state index is 13.4. The fraction of sp³-hybridized carbons (Fsp3) is 0.538. The number of pyridine rings is 1. The standard InChI is InChI=1S/C13H17F2N3O/c1-18-6-2-3-9(8-18)7-17-13(19)10-4-5-16-12(15)11(10)14/h4-5,9H,2-3,6-8H2,1H3,(H,17,19). The number of rotatable bonds is 3. The van der Waals surface area contributed by atoms with Crippen molar-refractivity contribution in [3.05, 3.63) is 29.6 Å². The molecule has 1 aliphatic heterocycles. The van der Waals surface area contributed by atoms with E-state index in [-0.39, 0.29) is 5.56 Å². The maximum absolute atomic E-state index is 13.4. The van der Waals surface area contributed by atoms with E-state index in [2.05, 4.69) is 15.2 Å². The topological polar surface area (TPSA) is 45.2 Å². The quantitative estimate of drug-likeness (QED) is 0.844. The fourth-order valence-corrected chi connectivity index (χ4v) is 2.37. The lowest BCUT2D eigenvalue weighted by atomic mass is 9.98. The van der Waals surface area contributed by atoms with E-state index >= 15 is 0 Å². The normalized spacial score (nSPS) is 20.3. The molecular weight excluding hydrogens is 252 g/mol. The Kier molecular flexibility index (Phi) is 4.42. The molecule has 6 heteroatoms. The Morgan fingerprint density at radius 2 is 2.37 bits per heavy atom. The lowest BCUT2D eigenvalue weighted by molar-refractivity contribution is 0.0931. The molecule has 0 aromatic carbocycles. The monoisotopic (exact) mass is 269 g/mol. The lowest BCUT2D eigenvalue weighted by Gasteiger charge is -2.29. The zero-order valence-corrected chi connectivity index (χ0v) is 10.8. The summed E-state index contributed by atoms with van der Waals surface area (Å²) >= 11 is 0. The third-order valence-corrected chi connectivity index (χ3v) is 3.36. The molecule has 1 aromatic rings. The average molecular weight is 269 g/mol. The van der Waals surface area contributed by atoms with Crippen molar-refractivity contribution >= 4 is 5.91 Å². The van der Waals surface area contributed by atoms with Crippen molar-refractivity contribution in [1.82, 2.24) is 15.2 Å². The minimum atomic E-state index is -1.25. The van der Waals surface area contributed by atoms with Gasteiger partial charge in [-0.05, 0) is 38.4 Å². The first-order chi connectivity index (χ1) is 9.08. The Balaban J connectivity index is 1.92. The molecule has 2 rings (SSSR count). The molecule has 104 valence electrons. The van der Waals surface area contributed by atoms with Crippen molar-refractivity contribution in [2.75, 3.05) is 26.7 Å². The fourth-order valence-electron chi connectivity index (χ4n) is 2.37. The number of nitrogens with one attached hydrogen (secondary N) is 1. The zero-order valence-electron chi connectivity index (χ0n) is 10.8. The van der Waals surface area contributed by atoms with E-state index in [0.29, 0.717) is 12.5 Å². The van der Waals surface area contributed by atoms with Gasteiger partial charge in [0.15, 0.2) is 5.82 Å². The number of hydrogen-bond acceptors (Lipinski definition) is 3. The Morgan fingerprint density at radius 1 is 1.58 bits per heavy atom. The lowest BCUT2D eigenvalue weighted by Crippen LogP contribution is -2.39. The molecule has 19 heavy (non-hydrogen) atoms. The van der Waals surface area contributed by atoms with Crippen LogP contribution in [0.5, 0.6) is 0 Å². The Labute approximate surface area is 110 Å². The van der Waals surface area contributed by atoms with Crippen molar-refractivity contribution in [2.24, 2.45) is 5.92 Å². The Hall–Kier alpha value is -1.56. The van der Waals surface area contributed by atoms with E-state index in [1.807, 2.05) is 7.05 Å². The van der Waals surface area contributed by atoms with Crippen LogP contribution >= 0.6 is 0 Å². The average Bonchev–Trinajstić information content (AvgIpc) is 2.39. The number of likely N-dealkylation sites (tertiary alicyclic amines) is 1. The van der Waals surface area contributed by atoms with Gasteiger partial charge in [-0.1, -0.05) is 0 Å². The molecule has 1 amide bonds. The van der Waals surface area contributed by atoms with Crippen molar-refractivity contribution < 1.29 is 13.6 Å². The van der Waals surface area contributed by atoms with E-state index in [4.69, 9.17) is 0 Å². The zero-order chi connectivity index (χ0) is 13.8. The van der Waals surface area contributed by atoms with E-state index in [9.17, 15) is 13.6 Å². The second kappa shape index (κ2) is 6.06. The van der Waals surface area contributed by atoms with Crippen LogP contribution in [0.15, 0.2) is 12.3 Å². The summed E-state index contributed by atoms with van der Waals surface area (Å²) < 4.78 is 26.3. The highest BCUT2D eigenvalue weighted by atomic mass is 19.2. The van der Waals surface area contributed by atoms with Crippen molar-refractivity contribution in [3.8, 4) is 0 Å². The minimum absolute atomic E-state index is 0.295. The van der Waals surface area contributed by atoms with Crippen LogP contribution in [0.3, 0.4) is 0 Å². The van der Waals surface area contributed by atoms with Gasteiger partial charge in [0.25, 0.3) is 5.91 Å². The minimum Gasteiger partial charge on any atom is -0.352 e. The summed E-state index contributed by atoms with van der Waals surface area (Å²) in [7, 11) is 2.03. The highest BCUT2D eigenvalue weighted by molar-refractivity contribution is 5.94. The molecule has 1 atom stereocenters. The summed E-state index contributed by atoms with van der Waals surface area (Å²) in [6.45, 7) is 2.45. The maximum Gasteiger partial charge on any atom is 0.254 e. The van der Waals surface area contributed by atoms with Gasteiger partial charge in [-0.25, -0.2) is 9.37 Å². The van der Waals surface area contributed by atoms with Gasteiger partial charge < -0.3 is 10.2 Å². The number of nitrogens with zero attached hydrogens (tertiary/aromatic N) is 2. The molecular formula is C13H17F2N3O. The van der Waals surface area contributed by atoms with Crippen LogP contribution in [0, 0.1) is 17.7 Å². The van der Waals surface area contributed by atoms with E-state index in [0.717, 1.165) is 32.1 Å². The Morgan fingerprint density at radius 3 is 3.11 bits per heavy atom. The van der Waals surface area contributed by atoms with Crippen molar-refractivity contribution in [3.63, 3.8) is 0 Å². The number of piperidine rings is 1. The smallest absolute Gasteiger partial charge is 0.254 e. The van der Waals surface area contributed by atoms with Gasteiger partial charge in [0, 0.05) is 19.3 Å². The summed E-state index contributed by atoms with van der Waals surface area (Å²) in [5.41, 5.74) is -0.295. The predicted octanol–water partition coefficient (Wildman–Crippen LogP) is 1.43. The van der Waals surface area contributed by atoms with Crippen LogP contribution in [-0.2, 0) is 0 Å². The molecule has 0 spiro atoms. The molecule has 0 bridgehead atoms. The number of hydrogen-bond donors (Lipinski definition) is 1. The summed E-state index contributed by atoms with van der Waals surface area (Å²) in [4.78, 5) is 17.1. The number of amides is 1. The van der Waals surface area contributed by atoms with Crippen LogP contribution in [0.25, 0.3) is 0 Å². The summed E-state index contributed by atoms with van der Waals surface area (Å²) in [6.07, 6.45) is 3.22. The highest BCUT2D eigenvalue weighted by Gasteiger charge is 2.20. The first-order valence-corrected chi connectivity index (χ1v) is 6.34. The first kappa shape index (κ1) is 13.9. The number of halogens is 2. The van der Waals surface area contributed by atoms with E-state index in [1.165, 1.54) is 6.07 Å². The van der Waals surface area contributed by atoms with Crippen LogP contribution in [0.2, 0.25) is 0 Å². The molecule has 1 aromatic heterocycles. The Bertz CT molecular complexity index is 467. The van der Waals surface area contributed by atoms with Gasteiger partial charge in [0.05, 0.1) is 5.56 Å². The number of aromatic nitrogens is 1. The molecule has 0 saturated carbocycles.